The summed E-state index contributed by atoms with van der Waals surface area (Å²) in [5, 5.41) is 0. The summed E-state index contributed by atoms with van der Waals surface area (Å²) in [6, 6.07) is 7.54. The van der Waals surface area contributed by atoms with Gasteiger partial charge < -0.3 is 4.98 Å². The number of rotatable bonds is 5. The van der Waals surface area contributed by atoms with Gasteiger partial charge >= 0.3 is 0 Å². The summed E-state index contributed by atoms with van der Waals surface area (Å²) in [4.78, 5) is 20.3. The molecule has 0 saturated carbocycles. The SMILES string of the molecule is CCS(=O)(=O)N1CCN(Cc2ccc(-c3nc(C)c(F)c(=O)[nH]3)cc2)CC1. The number of aromatic amines is 1. The number of aryl methyl sites for hydroxylation is 1. The summed E-state index contributed by atoms with van der Waals surface area (Å²) in [6.07, 6.45) is 0. The smallest absolute Gasteiger partial charge is 0.287 e. The number of benzene rings is 1. The van der Waals surface area contributed by atoms with Crippen LogP contribution in [0.2, 0.25) is 0 Å². The van der Waals surface area contributed by atoms with E-state index in [1.807, 2.05) is 24.3 Å². The molecule has 0 amide bonds. The van der Waals surface area contributed by atoms with Crippen LogP contribution in [0.3, 0.4) is 0 Å². The molecule has 1 aliphatic rings. The molecule has 27 heavy (non-hydrogen) atoms. The molecular weight excluding hydrogens is 371 g/mol. The molecule has 9 heteroatoms. The molecule has 3 rings (SSSR count). The zero-order valence-corrected chi connectivity index (χ0v) is 16.2. The Labute approximate surface area is 157 Å². The summed E-state index contributed by atoms with van der Waals surface area (Å²) >= 11 is 0. The van der Waals surface area contributed by atoms with Crippen LogP contribution < -0.4 is 5.56 Å². The van der Waals surface area contributed by atoms with Crippen molar-refractivity contribution < 1.29 is 12.8 Å². The lowest BCUT2D eigenvalue weighted by atomic mass is 10.1. The van der Waals surface area contributed by atoms with Crippen molar-refractivity contribution in [1.29, 1.82) is 0 Å². The number of hydrogen-bond acceptors (Lipinski definition) is 5. The normalized spacial score (nSPS) is 16.6. The molecule has 0 spiro atoms. The molecule has 1 saturated heterocycles. The van der Waals surface area contributed by atoms with Gasteiger partial charge in [0.15, 0.2) is 0 Å². The van der Waals surface area contributed by atoms with Crippen molar-refractivity contribution in [1.82, 2.24) is 19.2 Å². The van der Waals surface area contributed by atoms with E-state index < -0.39 is 21.4 Å². The fourth-order valence-electron chi connectivity index (χ4n) is 3.08. The maximum Gasteiger partial charge on any atom is 0.287 e. The Morgan fingerprint density at radius 3 is 2.33 bits per heavy atom. The summed E-state index contributed by atoms with van der Waals surface area (Å²) in [5.74, 6) is -0.392. The summed E-state index contributed by atoms with van der Waals surface area (Å²) in [6.45, 7) is 6.23. The monoisotopic (exact) mass is 394 g/mol. The molecule has 2 aromatic rings. The standard InChI is InChI=1S/C18H23FN4O3S/c1-3-27(25,26)23-10-8-22(9-11-23)12-14-4-6-15(7-5-14)17-20-13(2)16(19)18(24)21-17/h4-7H,3,8-12H2,1-2H3,(H,20,21,24). The molecule has 0 atom stereocenters. The Balaban J connectivity index is 1.65. The van der Waals surface area contributed by atoms with Gasteiger partial charge in [0, 0.05) is 38.3 Å². The van der Waals surface area contributed by atoms with E-state index in [1.54, 1.807) is 11.2 Å². The zero-order valence-electron chi connectivity index (χ0n) is 15.4. The topological polar surface area (TPSA) is 86.4 Å². The molecule has 146 valence electrons. The Kier molecular flexibility index (Phi) is 5.73. The minimum absolute atomic E-state index is 0.0673. The highest BCUT2D eigenvalue weighted by Crippen LogP contribution is 2.17. The van der Waals surface area contributed by atoms with Crippen LogP contribution in [-0.4, -0.2) is 59.5 Å². The van der Waals surface area contributed by atoms with Gasteiger partial charge in [0.1, 0.15) is 5.82 Å². The van der Waals surface area contributed by atoms with E-state index in [-0.39, 0.29) is 11.4 Å². The van der Waals surface area contributed by atoms with E-state index in [9.17, 15) is 17.6 Å². The Morgan fingerprint density at radius 1 is 1.15 bits per heavy atom. The molecule has 2 heterocycles. The molecule has 7 nitrogen and oxygen atoms in total. The van der Waals surface area contributed by atoms with Gasteiger partial charge in [-0.15, -0.1) is 0 Å². The van der Waals surface area contributed by atoms with Crippen molar-refractivity contribution in [3.8, 4) is 11.4 Å². The maximum atomic E-state index is 13.4. The summed E-state index contributed by atoms with van der Waals surface area (Å²) in [5.41, 5.74) is 1.07. The van der Waals surface area contributed by atoms with Crippen molar-refractivity contribution in [2.24, 2.45) is 0 Å². The predicted molar refractivity (Wildman–Crippen MR) is 101 cm³/mol. The average molecular weight is 394 g/mol. The fraction of sp³-hybridized carbons (Fsp3) is 0.444. The second-order valence-electron chi connectivity index (χ2n) is 6.59. The number of nitrogens with zero attached hydrogens (tertiary/aromatic N) is 3. The number of piperazine rings is 1. The van der Waals surface area contributed by atoms with E-state index >= 15 is 0 Å². The third kappa shape index (κ3) is 4.42. The predicted octanol–water partition coefficient (Wildman–Crippen LogP) is 1.35. The van der Waals surface area contributed by atoms with Gasteiger partial charge in [-0.05, 0) is 19.4 Å². The van der Waals surface area contributed by atoms with Crippen LogP contribution in [-0.2, 0) is 16.6 Å². The quantitative estimate of drug-likeness (QED) is 0.827. The van der Waals surface area contributed by atoms with Crippen molar-refractivity contribution in [2.75, 3.05) is 31.9 Å². The summed E-state index contributed by atoms with van der Waals surface area (Å²) in [7, 11) is -3.12. The first kappa shape index (κ1) is 19.7. The maximum absolute atomic E-state index is 13.4. The zero-order chi connectivity index (χ0) is 19.6. The third-order valence-corrected chi connectivity index (χ3v) is 6.63. The van der Waals surface area contributed by atoms with Crippen molar-refractivity contribution in [3.05, 3.63) is 51.7 Å². The fourth-order valence-corrected chi connectivity index (χ4v) is 4.17. The van der Waals surface area contributed by atoms with E-state index in [0.717, 1.165) is 5.56 Å². The van der Waals surface area contributed by atoms with Crippen molar-refractivity contribution in [3.63, 3.8) is 0 Å². The van der Waals surface area contributed by atoms with Gasteiger partial charge in [0.25, 0.3) is 5.56 Å². The average Bonchev–Trinajstić information content (AvgIpc) is 2.67. The first-order valence-corrected chi connectivity index (χ1v) is 10.5. The van der Waals surface area contributed by atoms with Crippen LogP contribution in [0.15, 0.2) is 29.1 Å². The highest BCUT2D eigenvalue weighted by atomic mass is 32.2. The van der Waals surface area contributed by atoms with Crippen LogP contribution in [0.4, 0.5) is 4.39 Å². The number of aromatic nitrogens is 2. The van der Waals surface area contributed by atoms with Crippen LogP contribution in [0.5, 0.6) is 0 Å². The van der Waals surface area contributed by atoms with Crippen LogP contribution in [0.1, 0.15) is 18.2 Å². The molecule has 1 aromatic heterocycles. The minimum atomic E-state index is -3.12. The second kappa shape index (κ2) is 7.87. The summed E-state index contributed by atoms with van der Waals surface area (Å²) < 4.78 is 38.8. The number of halogens is 1. The highest BCUT2D eigenvalue weighted by molar-refractivity contribution is 7.89. The van der Waals surface area contributed by atoms with E-state index in [0.29, 0.717) is 44.1 Å². The van der Waals surface area contributed by atoms with Gasteiger partial charge in [0.05, 0.1) is 11.4 Å². The molecule has 0 aliphatic carbocycles. The molecule has 1 fully saturated rings. The molecule has 0 radical (unpaired) electrons. The number of sulfonamides is 1. The van der Waals surface area contributed by atoms with Gasteiger partial charge in [0.2, 0.25) is 15.8 Å². The lowest BCUT2D eigenvalue weighted by Gasteiger charge is -2.33. The van der Waals surface area contributed by atoms with Crippen LogP contribution >= 0.6 is 0 Å². The van der Waals surface area contributed by atoms with Gasteiger partial charge in [-0.25, -0.2) is 13.4 Å². The first-order chi connectivity index (χ1) is 12.8. The largest absolute Gasteiger partial charge is 0.304 e. The minimum Gasteiger partial charge on any atom is -0.304 e. The van der Waals surface area contributed by atoms with Gasteiger partial charge in [-0.3, -0.25) is 9.69 Å². The lowest BCUT2D eigenvalue weighted by molar-refractivity contribution is 0.182. The first-order valence-electron chi connectivity index (χ1n) is 8.86. The van der Waals surface area contributed by atoms with E-state index in [4.69, 9.17) is 0 Å². The van der Waals surface area contributed by atoms with E-state index in [2.05, 4.69) is 14.9 Å². The lowest BCUT2D eigenvalue weighted by Crippen LogP contribution is -2.48. The molecule has 0 unspecified atom stereocenters. The number of H-pyrrole nitrogens is 1. The molecule has 1 N–H and O–H groups in total. The number of hydrogen-bond donors (Lipinski definition) is 1. The molecule has 1 aliphatic heterocycles. The molecule has 1 aromatic carbocycles. The second-order valence-corrected chi connectivity index (χ2v) is 8.84. The van der Waals surface area contributed by atoms with Crippen LogP contribution in [0, 0.1) is 12.7 Å². The Hall–Kier alpha value is -2.10. The molecular formula is C18H23FN4O3S. The van der Waals surface area contributed by atoms with Crippen LogP contribution in [0.25, 0.3) is 11.4 Å². The van der Waals surface area contributed by atoms with Crippen molar-refractivity contribution >= 4 is 10.0 Å². The van der Waals surface area contributed by atoms with Gasteiger partial charge in [-0.1, -0.05) is 24.3 Å². The third-order valence-electron chi connectivity index (χ3n) is 4.75. The highest BCUT2D eigenvalue weighted by Gasteiger charge is 2.25. The van der Waals surface area contributed by atoms with E-state index in [1.165, 1.54) is 6.92 Å². The molecule has 0 bridgehead atoms. The Bertz CT molecular complexity index is 965. The van der Waals surface area contributed by atoms with Crippen molar-refractivity contribution in [2.45, 2.75) is 20.4 Å². The number of nitrogens with one attached hydrogen (secondary N) is 1. The van der Waals surface area contributed by atoms with Gasteiger partial charge in [-0.2, -0.15) is 8.70 Å². The Morgan fingerprint density at radius 2 is 1.78 bits per heavy atom.